The van der Waals surface area contributed by atoms with Crippen molar-refractivity contribution in [3.05, 3.63) is 65.9 Å². The van der Waals surface area contributed by atoms with Gasteiger partial charge in [0.05, 0.1) is 10.5 Å². The number of hydrogen-bond donors (Lipinski definition) is 0. The molecule has 0 atom stereocenters. The normalized spacial score (nSPS) is 16.1. The molecular formula is C22H25N3O3S. The molecule has 0 unspecified atom stereocenters. The molecule has 7 heteroatoms. The van der Waals surface area contributed by atoms with Gasteiger partial charge in [0, 0.05) is 50.3 Å². The molecular weight excluding hydrogens is 386 g/mol. The molecule has 1 aromatic heterocycles. The Morgan fingerprint density at radius 2 is 1.66 bits per heavy atom. The summed E-state index contributed by atoms with van der Waals surface area (Å²) in [7, 11) is -1.63. The van der Waals surface area contributed by atoms with E-state index in [1.54, 1.807) is 29.2 Å². The molecule has 0 saturated carbocycles. The number of amides is 1. The Balaban J connectivity index is 1.54. The van der Waals surface area contributed by atoms with E-state index in [0.717, 1.165) is 16.5 Å². The predicted molar refractivity (Wildman–Crippen MR) is 113 cm³/mol. The summed E-state index contributed by atoms with van der Waals surface area (Å²) in [5.74, 6) is -0.0450. The molecule has 6 nitrogen and oxygen atoms in total. The fourth-order valence-electron chi connectivity index (χ4n) is 3.88. The molecule has 2 heterocycles. The molecule has 1 fully saturated rings. The van der Waals surface area contributed by atoms with Crippen molar-refractivity contribution in [2.24, 2.45) is 7.05 Å². The highest BCUT2D eigenvalue weighted by molar-refractivity contribution is 7.89. The first kappa shape index (κ1) is 19.7. The van der Waals surface area contributed by atoms with Crippen molar-refractivity contribution >= 4 is 26.8 Å². The number of carbonyl (C=O) groups is 1. The first-order valence-corrected chi connectivity index (χ1v) is 11.2. The van der Waals surface area contributed by atoms with Crippen LogP contribution in [-0.4, -0.2) is 54.3 Å². The summed E-state index contributed by atoms with van der Waals surface area (Å²) >= 11 is 0. The lowest BCUT2D eigenvalue weighted by Gasteiger charge is -2.22. The Morgan fingerprint density at radius 3 is 2.41 bits per heavy atom. The molecule has 0 N–H and O–H groups in total. The maximum atomic E-state index is 13.2. The third kappa shape index (κ3) is 3.68. The van der Waals surface area contributed by atoms with E-state index in [-0.39, 0.29) is 5.91 Å². The average Bonchev–Trinajstić information content (AvgIpc) is 2.89. The first-order chi connectivity index (χ1) is 13.9. The van der Waals surface area contributed by atoms with Crippen LogP contribution in [0.1, 0.15) is 22.3 Å². The number of sulfonamides is 1. The topological polar surface area (TPSA) is 62.6 Å². The number of nitrogens with zero attached hydrogens (tertiary/aromatic N) is 3. The smallest absolute Gasteiger partial charge is 0.256 e. The average molecular weight is 412 g/mol. The summed E-state index contributed by atoms with van der Waals surface area (Å²) in [5.41, 5.74) is 2.69. The third-order valence-corrected chi connectivity index (χ3v) is 7.44. The molecule has 2 aromatic carbocycles. The Labute approximate surface area is 171 Å². The molecule has 0 spiro atoms. The van der Waals surface area contributed by atoms with E-state index in [2.05, 4.69) is 0 Å². The summed E-state index contributed by atoms with van der Waals surface area (Å²) in [6.07, 6.45) is 2.47. The van der Waals surface area contributed by atoms with Gasteiger partial charge < -0.3 is 9.47 Å². The van der Waals surface area contributed by atoms with Crippen LogP contribution in [0.3, 0.4) is 0 Å². The molecule has 4 rings (SSSR count). The van der Waals surface area contributed by atoms with E-state index >= 15 is 0 Å². The maximum Gasteiger partial charge on any atom is 0.256 e. The Hall–Kier alpha value is -2.64. The highest BCUT2D eigenvalue weighted by Crippen LogP contribution is 2.23. The quantitative estimate of drug-likeness (QED) is 0.666. The van der Waals surface area contributed by atoms with Gasteiger partial charge in [-0.15, -0.1) is 0 Å². The summed E-state index contributed by atoms with van der Waals surface area (Å²) in [5, 5.41) is 0.924. The number of aryl methyl sites for hydroxylation is 2. The SMILES string of the molecule is Cc1ccc(S(=O)(=O)N2CCCN(C(=O)c3cn(C)c4ccccc34)CC2)cc1. The van der Waals surface area contributed by atoms with Gasteiger partial charge in [0.25, 0.3) is 5.91 Å². The minimum atomic E-state index is -3.56. The zero-order valence-electron chi connectivity index (χ0n) is 16.7. The summed E-state index contributed by atoms with van der Waals surface area (Å²) in [6.45, 7) is 3.57. The van der Waals surface area contributed by atoms with Crippen LogP contribution in [0, 0.1) is 6.92 Å². The third-order valence-electron chi connectivity index (χ3n) is 5.53. The number of para-hydroxylation sites is 1. The lowest BCUT2D eigenvalue weighted by Crippen LogP contribution is -2.37. The largest absolute Gasteiger partial charge is 0.350 e. The summed E-state index contributed by atoms with van der Waals surface area (Å²) in [6, 6.07) is 14.7. The Bertz CT molecular complexity index is 1150. The Morgan fingerprint density at radius 1 is 0.931 bits per heavy atom. The van der Waals surface area contributed by atoms with Gasteiger partial charge in [0.1, 0.15) is 0 Å². The van der Waals surface area contributed by atoms with Gasteiger partial charge in [-0.25, -0.2) is 8.42 Å². The van der Waals surface area contributed by atoms with Crippen LogP contribution < -0.4 is 0 Å². The maximum absolute atomic E-state index is 13.2. The van der Waals surface area contributed by atoms with E-state index in [9.17, 15) is 13.2 Å². The van der Waals surface area contributed by atoms with Gasteiger partial charge in [0.15, 0.2) is 0 Å². The zero-order chi connectivity index (χ0) is 20.6. The van der Waals surface area contributed by atoms with Crippen LogP contribution in [0.4, 0.5) is 0 Å². The molecule has 1 saturated heterocycles. The van der Waals surface area contributed by atoms with Crippen molar-refractivity contribution in [1.29, 1.82) is 0 Å². The van der Waals surface area contributed by atoms with Crippen molar-refractivity contribution in [1.82, 2.24) is 13.8 Å². The molecule has 3 aromatic rings. The van der Waals surface area contributed by atoms with Gasteiger partial charge in [-0.1, -0.05) is 35.9 Å². The van der Waals surface area contributed by atoms with Crippen molar-refractivity contribution in [3.63, 3.8) is 0 Å². The van der Waals surface area contributed by atoms with Gasteiger partial charge in [-0.2, -0.15) is 4.31 Å². The van der Waals surface area contributed by atoms with E-state index in [4.69, 9.17) is 0 Å². The number of fused-ring (bicyclic) bond motifs is 1. The molecule has 0 bridgehead atoms. The van der Waals surface area contributed by atoms with E-state index < -0.39 is 10.0 Å². The first-order valence-electron chi connectivity index (χ1n) is 9.78. The second-order valence-electron chi connectivity index (χ2n) is 7.53. The highest BCUT2D eigenvalue weighted by Gasteiger charge is 2.29. The van der Waals surface area contributed by atoms with Crippen LogP contribution in [0.25, 0.3) is 10.9 Å². The molecule has 152 valence electrons. The van der Waals surface area contributed by atoms with Crippen LogP contribution in [0.5, 0.6) is 0 Å². The number of carbonyl (C=O) groups excluding carboxylic acids is 1. The van der Waals surface area contributed by atoms with E-state index in [1.165, 1.54) is 4.31 Å². The summed E-state index contributed by atoms with van der Waals surface area (Å²) in [4.78, 5) is 15.3. The van der Waals surface area contributed by atoms with Crippen LogP contribution >= 0.6 is 0 Å². The van der Waals surface area contributed by atoms with Crippen molar-refractivity contribution in [3.8, 4) is 0 Å². The highest BCUT2D eigenvalue weighted by atomic mass is 32.2. The molecule has 0 aliphatic carbocycles. The van der Waals surface area contributed by atoms with Crippen molar-refractivity contribution < 1.29 is 13.2 Å². The predicted octanol–water partition coefficient (Wildman–Crippen LogP) is 3.02. The van der Waals surface area contributed by atoms with Crippen LogP contribution in [-0.2, 0) is 17.1 Å². The molecule has 29 heavy (non-hydrogen) atoms. The van der Waals surface area contributed by atoms with Gasteiger partial charge >= 0.3 is 0 Å². The lowest BCUT2D eigenvalue weighted by atomic mass is 10.1. The van der Waals surface area contributed by atoms with Crippen molar-refractivity contribution in [2.75, 3.05) is 26.2 Å². The monoisotopic (exact) mass is 411 g/mol. The number of rotatable bonds is 3. The number of benzene rings is 2. The molecule has 1 aliphatic heterocycles. The number of aromatic nitrogens is 1. The summed E-state index contributed by atoms with van der Waals surface area (Å²) < 4.78 is 29.4. The Kier molecular flexibility index (Phi) is 5.19. The fourth-order valence-corrected chi connectivity index (χ4v) is 5.35. The minimum absolute atomic E-state index is 0.0450. The lowest BCUT2D eigenvalue weighted by molar-refractivity contribution is 0.0766. The second kappa shape index (κ2) is 7.65. The standard InChI is InChI=1S/C22H25N3O3S/c1-17-8-10-18(11-9-17)29(27,28)25-13-5-12-24(14-15-25)22(26)20-16-23(2)21-7-4-3-6-19(20)21/h3-4,6-11,16H,5,12-15H2,1-2H3. The molecule has 1 aliphatic rings. The van der Waals surface area contributed by atoms with Crippen molar-refractivity contribution in [2.45, 2.75) is 18.2 Å². The van der Waals surface area contributed by atoms with E-state index in [1.807, 2.05) is 49.0 Å². The van der Waals surface area contributed by atoms with E-state index in [0.29, 0.717) is 43.1 Å². The van der Waals surface area contributed by atoms with Crippen LogP contribution in [0.2, 0.25) is 0 Å². The van der Waals surface area contributed by atoms with Crippen LogP contribution in [0.15, 0.2) is 59.6 Å². The van der Waals surface area contributed by atoms with Gasteiger partial charge in [0.2, 0.25) is 10.0 Å². The zero-order valence-corrected chi connectivity index (χ0v) is 17.5. The molecule has 1 amide bonds. The van der Waals surface area contributed by atoms with Gasteiger partial charge in [-0.05, 0) is 31.5 Å². The number of hydrogen-bond acceptors (Lipinski definition) is 3. The van der Waals surface area contributed by atoms with Gasteiger partial charge in [-0.3, -0.25) is 4.79 Å². The molecule has 0 radical (unpaired) electrons. The second-order valence-corrected chi connectivity index (χ2v) is 9.47. The fraction of sp³-hybridized carbons (Fsp3) is 0.318. The minimum Gasteiger partial charge on any atom is -0.350 e.